The molecule has 0 N–H and O–H groups in total. The highest BCUT2D eigenvalue weighted by molar-refractivity contribution is 5.93. The first-order chi connectivity index (χ1) is 21.4. The Morgan fingerprint density at radius 3 is 2.24 bits per heavy atom. The Morgan fingerprint density at radius 1 is 0.844 bits per heavy atom. The molecule has 4 aromatic rings. The fourth-order valence-corrected chi connectivity index (χ4v) is 5.44. The Labute approximate surface area is 266 Å². The van der Waals surface area contributed by atoms with Gasteiger partial charge in [-0.25, -0.2) is 0 Å². The predicted molar refractivity (Wildman–Crippen MR) is 177 cm³/mol. The lowest BCUT2D eigenvalue weighted by Crippen LogP contribution is -2.36. The minimum atomic E-state index is -0.199. The molecule has 0 unspecified atom stereocenters. The summed E-state index contributed by atoms with van der Waals surface area (Å²) in [6.07, 6.45) is 2.24. The fraction of sp³-hybridized carbons (Fsp3) is 0.432. The van der Waals surface area contributed by atoms with E-state index in [9.17, 15) is 9.59 Å². The monoisotopic (exact) mass is 610 g/mol. The molecule has 0 atom stereocenters. The van der Waals surface area contributed by atoms with Gasteiger partial charge >= 0.3 is 0 Å². The van der Waals surface area contributed by atoms with Gasteiger partial charge in [-0.2, -0.15) is 5.10 Å². The van der Waals surface area contributed by atoms with E-state index in [0.717, 1.165) is 29.8 Å². The van der Waals surface area contributed by atoms with Gasteiger partial charge in [0, 0.05) is 37.7 Å². The van der Waals surface area contributed by atoms with Crippen LogP contribution in [0, 0.1) is 0 Å². The Hall–Kier alpha value is -4.17. The van der Waals surface area contributed by atoms with E-state index in [1.54, 1.807) is 0 Å². The summed E-state index contributed by atoms with van der Waals surface area (Å²) in [7, 11) is 0. The van der Waals surface area contributed by atoms with Gasteiger partial charge in [0.25, 0.3) is 5.91 Å². The average Bonchev–Trinajstić information content (AvgIpc) is 3.29. The van der Waals surface area contributed by atoms with Gasteiger partial charge in [0.05, 0.1) is 18.8 Å². The quantitative estimate of drug-likeness (QED) is 0.230. The minimum absolute atomic E-state index is 0.00291. The van der Waals surface area contributed by atoms with Gasteiger partial charge in [-0.05, 0) is 34.6 Å². The van der Waals surface area contributed by atoms with Gasteiger partial charge in [-0.3, -0.25) is 19.2 Å². The van der Waals surface area contributed by atoms with E-state index in [4.69, 9.17) is 14.3 Å². The second kappa shape index (κ2) is 13.4. The van der Waals surface area contributed by atoms with Gasteiger partial charge < -0.3 is 14.1 Å². The van der Waals surface area contributed by atoms with Crippen molar-refractivity contribution < 1.29 is 13.9 Å². The third-order valence-electron chi connectivity index (χ3n) is 8.26. The van der Waals surface area contributed by atoms with Crippen molar-refractivity contribution in [1.29, 1.82) is 0 Å². The Morgan fingerprint density at radius 2 is 1.58 bits per heavy atom. The van der Waals surface area contributed by atoms with E-state index in [2.05, 4.69) is 70.7 Å². The van der Waals surface area contributed by atoms with Crippen LogP contribution < -0.4 is 10.2 Å². The Bertz CT molecular complexity index is 1640. The van der Waals surface area contributed by atoms with Crippen molar-refractivity contribution in [1.82, 2.24) is 19.6 Å². The van der Waals surface area contributed by atoms with Crippen LogP contribution in [0.15, 0.2) is 82.2 Å². The lowest BCUT2D eigenvalue weighted by atomic mass is 9.87. The topological polar surface area (TPSA) is 80.8 Å². The highest BCUT2D eigenvalue weighted by Gasteiger charge is 2.27. The number of carbonyl (C=O) groups excluding carboxylic acids is 1. The first-order valence-electron chi connectivity index (χ1n) is 15.8. The van der Waals surface area contributed by atoms with E-state index in [1.165, 1.54) is 17.9 Å². The number of amides is 1. The molecule has 1 fully saturated rings. The first kappa shape index (κ1) is 32.2. The molecule has 8 nitrogen and oxygen atoms in total. The van der Waals surface area contributed by atoms with Crippen LogP contribution in [0.3, 0.4) is 0 Å². The minimum Gasteiger partial charge on any atom is -0.482 e. The Kier molecular flexibility index (Phi) is 9.63. The predicted octanol–water partition coefficient (Wildman–Crippen LogP) is 6.41. The second-order valence-electron chi connectivity index (χ2n) is 14.0. The molecule has 1 aliphatic heterocycles. The van der Waals surface area contributed by atoms with Crippen LogP contribution in [0.4, 0.5) is 0 Å². The highest BCUT2D eigenvalue weighted by atomic mass is 16.5. The number of benzene rings is 2. The van der Waals surface area contributed by atoms with Gasteiger partial charge in [0.2, 0.25) is 11.2 Å². The van der Waals surface area contributed by atoms with E-state index >= 15 is 0 Å². The highest BCUT2D eigenvalue weighted by Crippen LogP contribution is 2.24. The number of nitrogens with zero attached hydrogens (tertiary/aromatic N) is 4. The molecule has 238 valence electrons. The number of carbonyl (C=O) groups is 1. The van der Waals surface area contributed by atoms with E-state index in [-0.39, 0.29) is 27.9 Å². The summed E-state index contributed by atoms with van der Waals surface area (Å²) in [6, 6.07) is 21.8. The van der Waals surface area contributed by atoms with E-state index in [0.29, 0.717) is 50.8 Å². The number of ether oxygens (including phenoxy) is 1. The maximum Gasteiger partial charge on any atom is 0.272 e. The van der Waals surface area contributed by atoms with Crippen LogP contribution in [0.1, 0.15) is 86.6 Å². The zero-order chi connectivity index (χ0) is 32.2. The molecule has 0 radical (unpaired) electrons. The summed E-state index contributed by atoms with van der Waals surface area (Å²) >= 11 is 0. The molecule has 45 heavy (non-hydrogen) atoms. The Balaban J connectivity index is 1.19. The maximum absolute atomic E-state index is 13.8. The molecule has 2 aromatic heterocycles. The van der Waals surface area contributed by atoms with Crippen molar-refractivity contribution in [2.75, 3.05) is 26.2 Å². The van der Waals surface area contributed by atoms with Crippen molar-refractivity contribution in [3.8, 4) is 5.75 Å². The van der Waals surface area contributed by atoms with Crippen molar-refractivity contribution >= 4 is 5.91 Å². The summed E-state index contributed by atoms with van der Waals surface area (Å²) in [6.45, 7) is 16.9. The summed E-state index contributed by atoms with van der Waals surface area (Å²) in [5.74, 6) is 0.780. The molecular formula is C37H46N4O4. The average molecular weight is 611 g/mol. The summed E-state index contributed by atoms with van der Waals surface area (Å²) < 4.78 is 13.5. The normalized spacial score (nSPS) is 14.8. The van der Waals surface area contributed by atoms with Crippen molar-refractivity contribution in [2.24, 2.45) is 0 Å². The summed E-state index contributed by atoms with van der Waals surface area (Å²) in [5, 5.41) is 4.85. The number of aromatic nitrogens is 2. The number of hydrogen-bond acceptors (Lipinski definition) is 6. The van der Waals surface area contributed by atoms with Gasteiger partial charge in [-0.1, -0.05) is 96.1 Å². The van der Waals surface area contributed by atoms with Crippen molar-refractivity contribution in [2.45, 2.75) is 78.5 Å². The van der Waals surface area contributed by atoms with Gasteiger partial charge in [-0.15, -0.1) is 0 Å². The van der Waals surface area contributed by atoms with Gasteiger partial charge in [0.15, 0.2) is 0 Å². The molecule has 0 aliphatic carbocycles. The molecule has 0 bridgehead atoms. The summed E-state index contributed by atoms with van der Waals surface area (Å²) in [5.41, 5.74) is 4.57. The van der Waals surface area contributed by atoms with Crippen LogP contribution in [0.2, 0.25) is 0 Å². The molecule has 1 aliphatic rings. The van der Waals surface area contributed by atoms with Crippen LogP contribution in [-0.4, -0.2) is 51.7 Å². The number of hydrogen-bond donors (Lipinski definition) is 0. The molecule has 0 saturated carbocycles. The third-order valence-corrected chi connectivity index (χ3v) is 8.26. The molecule has 0 spiro atoms. The van der Waals surface area contributed by atoms with Crippen molar-refractivity contribution in [3.05, 3.63) is 117 Å². The zero-order valence-corrected chi connectivity index (χ0v) is 27.5. The fourth-order valence-electron chi connectivity index (χ4n) is 5.44. The summed E-state index contributed by atoms with van der Waals surface area (Å²) in [4.78, 5) is 30.8. The maximum atomic E-state index is 13.8. The van der Waals surface area contributed by atoms with Gasteiger partial charge in [0.1, 0.15) is 24.3 Å². The lowest BCUT2D eigenvalue weighted by molar-refractivity contribution is 0.0748. The molecule has 5 rings (SSSR count). The first-order valence-corrected chi connectivity index (χ1v) is 15.8. The van der Waals surface area contributed by atoms with Crippen LogP contribution in [0.5, 0.6) is 5.75 Å². The van der Waals surface area contributed by atoms with E-state index < -0.39 is 0 Å². The third kappa shape index (κ3) is 8.31. The van der Waals surface area contributed by atoms with Crippen LogP contribution in [-0.2, 0) is 30.5 Å². The van der Waals surface area contributed by atoms with E-state index in [1.807, 2.05) is 46.0 Å². The largest absolute Gasteiger partial charge is 0.482 e. The van der Waals surface area contributed by atoms with Crippen LogP contribution >= 0.6 is 0 Å². The molecule has 2 aromatic carbocycles. The molecular weight excluding hydrogens is 564 g/mol. The smallest absolute Gasteiger partial charge is 0.272 e. The molecule has 3 heterocycles. The van der Waals surface area contributed by atoms with Crippen LogP contribution in [0.25, 0.3) is 0 Å². The molecule has 1 amide bonds. The molecule has 8 heteroatoms. The lowest BCUT2D eigenvalue weighted by Gasteiger charge is -2.22. The standard InChI is InChI=1S/C37H46N4O4/c1-36(2,3)29-15-13-28(14-16-29)25-45-33-26-44-30(21-32(33)42)24-39-17-10-18-40(20-19-39)35(43)31-22-34(37(4,5)6)38-41(31)23-27-11-8-7-9-12-27/h7-9,11-16,21-22,26H,10,17-20,23-25H2,1-6H3. The van der Waals surface area contributed by atoms with Crippen molar-refractivity contribution in [3.63, 3.8) is 0 Å². The zero-order valence-electron chi connectivity index (χ0n) is 27.5. The molecule has 1 saturated heterocycles. The second-order valence-corrected chi connectivity index (χ2v) is 14.0. The number of rotatable bonds is 8. The SMILES string of the molecule is CC(C)(C)c1ccc(COc2coc(CN3CCCN(C(=O)c4cc(C(C)(C)C)nn4Cc4ccccc4)CC3)cc2=O)cc1.